The standard InChI is InChI=1S/C21H24N2O4/c1-21(2,3)20(25)23-15-8-6-7-14(11-15)19(24)22-12-16-13-26-17-9-4-5-10-18(17)27-16/h4-11,16H,12-13H2,1-3H3,(H,22,24)(H,23,25). The predicted octanol–water partition coefficient (Wildman–Crippen LogP) is 3.24. The molecule has 1 aliphatic rings. The molecule has 27 heavy (non-hydrogen) atoms. The molecule has 1 atom stereocenters. The average Bonchev–Trinajstić information content (AvgIpc) is 2.65. The molecule has 2 N–H and O–H groups in total. The maximum atomic E-state index is 12.4. The van der Waals surface area contributed by atoms with Gasteiger partial charge < -0.3 is 20.1 Å². The summed E-state index contributed by atoms with van der Waals surface area (Å²) < 4.78 is 11.5. The monoisotopic (exact) mass is 368 g/mol. The van der Waals surface area contributed by atoms with Crippen molar-refractivity contribution in [3.05, 3.63) is 54.1 Å². The van der Waals surface area contributed by atoms with Crippen molar-refractivity contribution >= 4 is 17.5 Å². The third-order valence-electron chi connectivity index (χ3n) is 4.12. The fourth-order valence-electron chi connectivity index (χ4n) is 2.53. The van der Waals surface area contributed by atoms with Crippen LogP contribution in [-0.4, -0.2) is 31.1 Å². The van der Waals surface area contributed by atoms with Crippen LogP contribution in [-0.2, 0) is 4.79 Å². The van der Waals surface area contributed by atoms with Crippen molar-refractivity contribution in [3.63, 3.8) is 0 Å². The van der Waals surface area contributed by atoms with Gasteiger partial charge in [-0.05, 0) is 30.3 Å². The summed E-state index contributed by atoms with van der Waals surface area (Å²) in [6.45, 7) is 6.21. The summed E-state index contributed by atoms with van der Waals surface area (Å²) in [4.78, 5) is 24.6. The van der Waals surface area contributed by atoms with Crippen molar-refractivity contribution < 1.29 is 19.1 Å². The molecule has 0 spiro atoms. The smallest absolute Gasteiger partial charge is 0.251 e. The van der Waals surface area contributed by atoms with Gasteiger partial charge in [-0.1, -0.05) is 39.0 Å². The zero-order valence-corrected chi connectivity index (χ0v) is 15.7. The van der Waals surface area contributed by atoms with Gasteiger partial charge >= 0.3 is 0 Å². The topological polar surface area (TPSA) is 76.7 Å². The molecule has 0 radical (unpaired) electrons. The molecule has 1 unspecified atom stereocenters. The summed E-state index contributed by atoms with van der Waals surface area (Å²) >= 11 is 0. The highest BCUT2D eigenvalue weighted by atomic mass is 16.6. The Balaban J connectivity index is 1.57. The molecule has 2 aromatic rings. The van der Waals surface area contributed by atoms with Gasteiger partial charge in [-0.3, -0.25) is 9.59 Å². The van der Waals surface area contributed by atoms with Crippen LogP contribution < -0.4 is 20.1 Å². The third kappa shape index (κ3) is 4.78. The fourth-order valence-corrected chi connectivity index (χ4v) is 2.53. The summed E-state index contributed by atoms with van der Waals surface area (Å²) in [5.41, 5.74) is 0.556. The number of benzene rings is 2. The van der Waals surface area contributed by atoms with E-state index in [2.05, 4.69) is 10.6 Å². The summed E-state index contributed by atoms with van der Waals surface area (Å²) in [7, 11) is 0. The summed E-state index contributed by atoms with van der Waals surface area (Å²) in [5.74, 6) is 1.05. The summed E-state index contributed by atoms with van der Waals surface area (Å²) in [6, 6.07) is 14.3. The maximum Gasteiger partial charge on any atom is 0.251 e. The number of nitrogens with one attached hydrogen (secondary N) is 2. The van der Waals surface area contributed by atoms with E-state index in [9.17, 15) is 9.59 Å². The molecule has 2 aromatic carbocycles. The number of amides is 2. The third-order valence-corrected chi connectivity index (χ3v) is 4.12. The van der Waals surface area contributed by atoms with Gasteiger partial charge in [-0.2, -0.15) is 0 Å². The van der Waals surface area contributed by atoms with Crippen molar-refractivity contribution in [3.8, 4) is 11.5 Å². The maximum absolute atomic E-state index is 12.4. The van der Waals surface area contributed by atoms with Crippen molar-refractivity contribution in [2.24, 2.45) is 5.41 Å². The largest absolute Gasteiger partial charge is 0.486 e. The van der Waals surface area contributed by atoms with Crippen LogP contribution in [0.2, 0.25) is 0 Å². The lowest BCUT2D eigenvalue weighted by atomic mass is 9.95. The number of hydrogen-bond acceptors (Lipinski definition) is 4. The number of fused-ring (bicyclic) bond motifs is 1. The molecule has 142 valence electrons. The number of carbonyl (C=O) groups excluding carboxylic acids is 2. The summed E-state index contributed by atoms with van der Waals surface area (Å²) in [6.07, 6.45) is -0.257. The first-order valence-electron chi connectivity index (χ1n) is 8.91. The SMILES string of the molecule is CC(C)(C)C(=O)Nc1cccc(C(=O)NCC2COc3ccccc3O2)c1. The minimum absolute atomic E-state index is 0.105. The number of carbonyl (C=O) groups is 2. The molecule has 0 aliphatic carbocycles. The van der Waals surface area contributed by atoms with Crippen LogP contribution in [0.1, 0.15) is 31.1 Å². The van der Waals surface area contributed by atoms with Gasteiger partial charge in [-0.25, -0.2) is 0 Å². The van der Waals surface area contributed by atoms with Gasteiger partial charge in [0.25, 0.3) is 5.91 Å². The number of rotatable bonds is 4. The van der Waals surface area contributed by atoms with Gasteiger partial charge in [0.2, 0.25) is 5.91 Å². The first-order chi connectivity index (χ1) is 12.8. The lowest BCUT2D eigenvalue weighted by Gasteiger charge is -2.26. The minimum atomic E-state index is -0.507. The van der Waals surface area contributed by atoms with Gasteiger partial charge in [-0.15, -0.1) is 0 Å². The van der Waals surface area contributed by atoms with E-state index in [4.69, 9.17) is 9.47 Å². The van der Waals surface area contributed by atoms with Gasteiger partial charge in [0.1, 0.15) is 12.7 Å². The molecule has 3 rings (SSSR count). The summed E-state index contributed by atoms with van der Waals surface area (Å²) in [5, 5.41) is 5.68. The van der Waals surface area contributed by atoms with E-state index in [1.54, 1.807) is 24.3 Å². The molecule has 0 fully saturated rings. The van der Waals surface area contributed by atoms with E-state index in [0.29, 0.717) is 35.9 Å². The second-order valence-electron chi connectivity index (χ2n) is 7.49. The Bertz CT molecular complexity index is 842. The molecule has 6 nitrogen and oxygen atoms in total. The fraction of sp³-hybridized carbons (Fsp3) is 0.333. The highest BCUT2D eigenvalue weighted by Crippen LogP contribution is 2.30. The molecule has 1 heterocycles. The Hall–Kier alpha value is -3.02. The van der Waals surface area contributed by atoms with E-state index in [0.717, 1.165) is 0 Å². The zero-order valence-electron chi connectivity index (χ0n) is 15.7. The van der Waals surface area contributed by atoms with Crippen molar-refractivity contribution in [1.82, 2.24) is 5.32 Å². The van der Waals surface area contributed by atoms with Crippen LogP contribution >= 0.6 is 0 Å². The highest BCUT2D eigenvalue weighted by molar-refractivity contribution is 5.98. The molecular formula is C21H24N2O4. The Morgan fingerprint density at radius 2 is 1.81 bits per heavy atom. The van der Waals surface area contributed by atoms with E-state index < -0.39 is 5.41 Å². The van der Waals surface area contributed by atoms with Crippen molar-refractivity contribution in [2.75, 3.05) is 18.5 Å². The Kier molecular flexibility index (Phi) is 5.35. The molecule has 0 bridgehead atoms. The predicted molar refractivity (Wildman–Crippen MR) is 103 cm³/mol. The number of para-hydroxylation sites is 2. The molecule has 6 heteroatoms. The van der Waals surface area contributed by atoms with Crippen LogP contribution in [0, 0.1) is 5.41 Å². The van der Waals surface area contributed by atoms with Crippen molar-refractivity contribution in [2.45, 2.75) is 26.9 Å². The van der Waals surface area contributed by atoms with E-state index in [-0.39, 0.29) is 17.9 Å². The number of hydrogen-bond donors (Lipinski definition) is 2. The zero-order chi connectivity index (χ0) is 19.4. The molecule has 1 aliphatic heterocycles. The number of anilines is 1. The van der Waals surface area contributed by atoms with E-state index in [1.165, 1.54) is 0 Å². The Labute approximate surface area is 158 Å². The molecule has 0 saturated heterocycles. The first-order valence-corrected chi connectivity index (χ1v) is 8.91. The van der Waals surface area contributed by atoms with Crippen LogP contribution in [0.25, 0.3) is 0 Å². The van der Waals surface area contributed by atoms with Crippen LogP contribution in [0.15, 0.2) is 48.5 Å². The number of ether oxygens (including phenoxy) is 2. The molecule has 0 aromatic heterocycles. The second kappa shape index (κ2) is 7.70. The second-order valence-corrected chi connectivity index (χ2v) is 7.49. The lowest BCUT2D eigenvalue weighted by Crippen LogP contribution is -2.40. The first kappa shape index (κ1) is 18.8. The Morgan fingerprint density at radius 1 is 1.07 bits per heavy atom. The lowest BCUT2D eigenvalue weighted by molar-refractivity contribution is -0.123. The van der Waals surface area contributed by atoms with E-state index in [1.807, 2.05) is 45.0 Å². The average molecular weight is 368 g/mol. The van der Waals surface area contributed by atoms with Gasteiger partial charge in [0.05, 0.1) is 6.54 Å². The molecule has 0 saturated carbocycles. The van der Waals surface area contributed by atoms with Gasteiger partial charge in [0, 0.05) is 16.7 Å². The van der Waals surface area contributed by atoms with Crippen LogP contribution in [0.5, 0.6) is 11.5 Å². The molecular weight excluding hydrogens is 344 g/mol. The van der Waals surface area contributed by atoms with Crippen molar-refractivity contribution in [1.29, 1.82) is 0 Å². The van der Waals surface area contributed by atoms with Crippen LogP contribution in [0.3, 0.4) is 0 Å². The Morgan fingerprint density at radius 3 is 2.56 bits per heavy atom. The molecule has 2 amide bonds. The quantitative estimate of drug-likeness (QED) is 0.869. The minimum Gasteiger partial charge on any atom is -0.486 e. The van der Waals surface area contributed by atoms with E-state index >= 15 is 0 Å². The highest BCUT2D eigenvalue weighted by Gasteiger charge is 2.23. The normalized spacial score (nSPS) is 15.7. The van der Waals surface area contributed by atoms with Crippen LogP contribution in [0.4, 0.5) is 5.69 Å². The van der Waals surface area contributed by atoms with Gasteiger partial charge in [0.15, 0.2) is 11.5 Å².